The van der Waals surface area contributed by atoms with E-state index in [1.165, 1.54) is 18.2 Å². The number of hydrogen-bond donors (Lipinski definition) is 1. The van der Waals surface area contributed by atoms with Crippen molar-refractivity contribution in [2.45, 2.75) is 20.8 Å². The van der Waals surface area contributed by atoms with Crippen LogP contribution < -0.4 is 19.6 Å². The zero-order valence-corrected chi connectivity index (χ0v) is 21.1. The normalized spacial score (nSPS) is 15.3. The fourth-order valence-electron chi connectivity index (χ4n) is 3.28. The van der Waals surface area contributed by atoms with E-state index >= 15 is 0 Å². The van der Waals surface area contributed by atoms with Crippen molar-refractivity contribution in [3.63, 3.8) is 0 Å². The molecule has 0 aromatic heterocycles. The molecule has 0 bridgehead atoms. The van der Waals surface area contributed by atoms with E-state index in [1.807, 2.05) is 38.1 Å². The van der Waals surface area contributed by atoms with Crippen molar-refractivity contribution in [3.8, 4) is 17.2 Å². The van der Waals surface area contributed by atoms with Crippen LogP contribution >= 0.6 is 15.9 Å². The molecule has 2 aromatic carbocycles. The maximum absolute atomic E-state index is 12.8. The number of amides is 2. The summed E-state index contributed by atoms with van der Waals surface area (Å²) in [6.45, 7) is 6.31. The molecular formula is C26H27BrN2O5. The standard InChI is InChI=1S/C26H27BrN2O5/c1-5-7-19(6-2)29-26(31)21(25(30)28-29)14-18-15-22(27)24(23(16-18)32-4)34-13-12-33-20-10-8-17(3)9-11-20/h5-11,14-16H,12-13H2,1-4H3,(H,28,30). The van der Waals surface area contributed by atoms with E-state index in [4.69, 9.17) is 14.2 Å². The van der Waals surface area contributed by atoms with E-state index in [-0.39, 0.29) is 5.57 Å². The average molecular weight is 527 g/mol. The fraction of sp³-hybridized carbons (Fsp3) is 0.231. The first-order chi connectivity index (χ1) is 16.4. The average Bonchev–Trinajstić information content (AvgIpc) is 3.10. The van der Waals surface area contributed by atoms with E-state index in [1.54, 1.807) is 37.3 Å². The van der Waals surface area contributed by atoms with Crippen LogP contribution in [0.5, 0.6) is 17.2 Å². The van der Waals surface area contributed by atoms with Crippen LogP contribution in [0, 0.1) is 6.92 Å². The molecule has 3 rings (SSSR count). The minimum atomic E-state index is -0.475. The molecule has 1 fully saturated rings. The third kappa shape index (κ3) is 5.88. The van der Waals surface area contributed by atoms with Gasteiger partial charge in [0, 0.05) is 0 Å². The van der Waals surface area contributed by atoms with E-state index in [2.05, 4.69) is 21.4 Å². The van der Waals surface area contributed by atoms with Crippen LogP contribution in [0.15, 0.2) is 70.4 Å². The Morgan fingerprint density at radius 1 is 1.09 bits per heavy atom. The van der Waals surface area contributed by atoms with Crippen molar-refractivity contribution < 1.29 is 23.8 Å². The number of halogens is 1. The van der Waals surface area contributed by atoms with E-state index < -0.39 is 11.8 Å². The van der Waals surface area contributed by atoms with Crippen LogP contribution in [0.25, 0.3) is 6.08 Å². The highest BCUT2D eigenvalue weighted by Crippen LogP contribution is 2.37. The molecule has 0 spiro atoms. The van der Waals surface area contributed by atoms with E-state index in [9.17, 15) is 9.59 Å². The third-order valence-corrected chi connectivity index (χ3v) is 5.55. The molecule has 0 unspecified atom stereocenters. The summed E-state index contributed by atoms with van der Waals surface area (Å²) in [5.41, 5.74) is 4.97. The number of nitrogens with one attached hydrogen (secondary N) is 1. The molecule has 2 amide bonds. The summed E-state index contributed by atoms with van der Waals surface area (Å²) in [6, 6.07) is 11.3. The lowest BCUT2D eigenvalue weighted by molar-refractivity contribution is -0.125. The van der Waals surface area contributed by atoms with E-state index in [0.29, 0.717) is 40.4 Å². The van der Waals surface area contributed by atoms with Crippen LogP contribution in [-0.4, -0.2) is 37.1 Å². The second-order valence-electron chi connectivity index (χ2n) is 7.40. The molecule has 2 aromatic rings. The van der Waals surface area contributed by atoms with Gasteiger partial charge in [-0.05, 0) is 78.7 Å². The predicted octanol–water partition coefficient (Wildman–Crippen LogP) is 4.96. The molecule has 7 nitrogen and oxygen atoms in total. The van der Waals surface area contributed by atoms with E-state index in [0.717, 1.165) is 11.3 Å². The second-order valence-corrected chi connectivity index (χ2v) is 8.25. The first-order valence-electron chi connectivity index (χ1n) is 10.7. The first kappa shape index (κ1) is 25.1. The number of ether oxygens (including phenoxy) is 3. The van der Waals surface area contributed by atoms with Crippen LogP contribution in [-0.2, 0) is 9.59 Å². The summed E-state index contributed by atoms with van der Waals surface area (Å²) in [6.07, 6.45) is 6.81. The van der Waals surface area contributed by atoms with Gasteiger partial charge in [-0.1, -0.05) is 29.8 Å². The van der Waals surface area contributed by atoms with Crippen LogP contribution in [0.3, 0.4) is 0 Å². The zero-order chi connectivity index (χ0) is 24.7. The summed E-state index contributed by atoms with van der Waals surface area (Å²) in [4.78, 5) is 25.3. The van der Waals surface area contributed by atoms with Crippen molar-refractivity contribution in [2.75, 3.05) is 20.3 Å². The lowest BCUT2D eigenvalue weighted by Crippen LogP contribution is -2.34. The number of hydrogen-bond acceptors (Lipinski definition) is 5. The number of allylic oxidation sites excluding steroid dienone is 3. The number of aryl methyl sites for hydroxylation is 1. The van der Waals surface area contributed by atoms with Gasteiger partial charge in [0.1, 0.15) is 24.5 Å². The summed E-state index contributed by atoms with van der Waals surface area (Å²) >= 11 is 3.50. The maximum atomic E-state index is 12.8. The van der Waals surface area contributed by atoms with Gasteiger partial charge < -0.3 is 14.2 Å². The Balaban J connectivity index is 1.73. The van der Waals surface area contributed by atoms with Crippen LogP contribution in [0.4, 0.5) is 0 Å². The van der Waals surface area contributed by atoms with Gasteiger partial charge in [0.2, 0.25) is 0 Å². The molecule has 1 aliphatic rings. The molecule has 178 valence electrons. The Hall–Kier alpha value is -3.52. The molecule has 0 saturated carbocycles. The lowest BCUT2D eigenvalue weighted by Gasteiger charge is -2.15. The molecule has 0 aliphatic carbocycles. The van der Waals surface area contributed by atoms with Gasteiger partial charge in [0.25, 0.3) is 11.8 Å². The Morgan fingerprint density at radius 3 is 2.44 bits per heavy atom. The molecule has 1 saturated heterocycles. The second kappa shape index (κ2) is 11.6. The number of hydrazine groups is 1. The number of benzene rings is 2. The van der Waals surface area contributed by atoms with Crippen molar-refractivity contribution in [3.05, 3.63) is 81.5 Å². The SMILES string of the molecule is CC=CC(=CC)N1NC(=O)C(=Cc2cc(Br)c(OCCOc3ccc(C)cc3)c(OC)c2)C1=O. The van der Waals surface area contributed by atoms with Gasteiger partial charge in [-0.25, -0.2) is 5.01 Å². The van der Waals surface area contributed by atoms with Crippen molar-refractivity contribution in [1.82, 2.24) is 10.4 Å². The Morgan fingerprint density at radius 2 is 1.79 bits per heavy atom. The van der Waals surface area contributed by atoms with Gasteiger partial charge >= 0.3 is 0 Å². The van der Waals surface area contributed by atoms with Gasteiger partial charge in [0.05, 0.1) is 17.3 Å². The maximum Gasteiger partial charge on any atom is 0.282 e. The highest BCUT2D eigenvalue weighted by atomic mass is 79.9. The summed E-state index contributed by atoms with van der Waals surface area (Å²) in [7, 11) is 1.53. The third-order valence-electron chi connectivity index (χ3n) is 4.97. The number of nitrogens with zero attached hydrogens (tertiary/aromatic N) is 1. The number of methoxy groups -OCH3 is 1. The van der Waals surface area contributed by atoms with Gasteiger partial charge in [-0.2, -0.15) is 0 Å². The minimum Gasteiger partial charge on any atom is -0.493 e. The highest BCUT2D eigenvalue weighted by molar-refractivity contribution is 9.10. The summed E-state index contributed by atoms with van der Waals surface area (Å²) < 4.78 is 17.7. The van der Waals surface area contributed by atoms with Gasteiger partial charge in [-0.3, -0.25) is 15.0 Å². The van der Waals surface area contributed by atoms with Crippen molar-refractivity contribution >= 4 is 33.8 Å². The monoisotopic (exact) mass is 526 g/mol. The Labute approximate surface area is 207 Å². The highest BCUT2D eigenvalue weighted by Gasteiger charge is 2.34. The number of carbonyl (C=O) groups is 2. The quantitative estimate of drug-likeness (QED) is 0.216. The number of carbonyl (C=O) groups excluding carboxylic acids is 2. The largest absolute Gasteiger partial charge is 0.493 e. The number of rotatable bonds is 9. The lowest BCUT2D eigenvalue weighted by atomic mass is 10.1. The molecule has 1 N–H and O–H groups in total. The summed E-state index contributed by atoms with van der Waals surface area (Å²) in [5, 5.41) is 1.23. The first-order valence-corrected chi connectivity index (χ1v) is 11.5. The molecular weight excluding hydrogens is 500 g/mol. The Kier molecular flexibility index (Phi) is 8.54. The summed E-state index contributed by atoms with van der Waals surface area (Å²) in [5.74, 6) is 0.830. The molecule has 8 heteroatoms. The Bertz CT molecular complexity index is 1150. The minimum absolute atomic E-state index is 0.0259. The topological polar surface area (TPSA) is 77.1 Å². The fourth-order valence-corrected chi connectivity index (χ4v) is 3.85. The van der Waals surface area contributed by atoms with Crippen LogP contribution in [0.2, 0.25) is 0 Å². The van der Waals surface area contributed by atoms with Crippen LogP contribution in [0.1, 0.15) is 25.0 Å². The molecule has 0 atom stereocenters. The zero-order valence-electron chi connectivity index (χ0n) is 19.6. The molecule has 0 radical (unpaired) electrons. The smallest absolute Gasteiger partial charge is 0.282 e. The van der Waals surface area contributed by atoms with Gasteiger partial charge in [-0.15, -0.1) is 0 Å². The van der Waals surface area contributed by atoms with Gasteiger partial charge in [0.15, 0.2) is 11.5 Å². The molecule has 1 aliphatic heterocycles. The van der Waals surface area contributed by atoms with Crippen molar-refractivity contribution in [2.24, 2.45) is 0 Å². The predicted molar refractivity (Wildman–Crippen MR) is 134 cm³/mol. The van der Waals surface area contributed by atoms with Crippen molar-refractivity contribution in [1.29, 1.82) is 0 Å². The molecule has 1 heterocycles. The molecule has 34 heavy (non-hydrogen) atoms.